The summed E-state index contributed by atoms with van der Waals surface area (Å²) in [6, 6.07) is 4.21. The Labute approximate surface area is 97.6 Å². The summed E-state index contributed by atoms with van der Waals surface area (Å²) < 4.78 is 29.9. The van der Waals surface area contributed by atoms with E-state index in [9.17, 15) is 18.0 Å². The number of sulfonamides is 1. The molecule has 1 aliphatic heterocycles. The molecule has 1 atom stereocenters. The summed E-state index contributed by atoms with van der Waals surface area (Å²) in [5, 5.41) is 0. The lowest BCUT2D eigenvalue weighted by atomic mass is 10.0. The Balaban J connectivity index is 2.60. The van der Waals surface area contributed by atoms with Crippen LogP contribution < -0.4 is 4.72 Å². The first-order valence-electron chi connectivity index (χ1n) is 4.71. The van der Waals surface area contributed by atoms with Crippen LogP contribution in [0.5, 0.6) is 0 Å². The quantitative estimate of drug-likeness (QED) is 0.550. The number of esters is 1. The van der Waals surface area contributed by atoms with Crippen LogP contribution in [0.2, 0.25) is 0 Å². The molecule has 0 fully saturated rings. The number of hydrogen-bond acceptors (Lipinski definition) is 5. The largest absolute Gasteiger partial charge is 0.467 e. The Morgan fingerprint density at radius 3 is 2.65 bits per heavy atom. The molecule has 0 aromatic heterocycles. The standard InChI is InChI=1S/C10H9NO5S/c1-16-10(13)8-9(12)6-4-2-3-5-7(6)17(14,15)11-8/h2-5,8,11H,1H3/t8-/m1/s1. The van der Waals surface area contributed by atoms with Crippen molar-refractivity contribution in [1.82, 2.24) is 4.72 Å². The molecule has 0 saturated carbocycles. The van der Waals surface area contributed by atoms with Gasteiger partial charge in [-0.25, -0.2) is 13.2 Å². The monoisotopic (exact) mass is 255 g/mol. The maximum atomic E-state index is 11.9. The van der Waals surface area contributed by atoms with Crippen LogP contribution in [-0.4, -0.2) is 33.3 Å². The minimum absolute atomic E-state index is 0.00153. The summed E-state index contributed by atoms with van der Waals surface area (Å²) in [5.74, 6) is -1.53. The number of hydrogen-bond donors (Lipinski definition) is 1. The highest BCUT2D eigenvalue weighted by Gasteiger charge is 2.40. The minimum atomic E-state index is -3.85. The van der Waals surface area contributed by atoms with Crippen molar-refractivity contribution in [2.24, 2.45) is 0 Å². The van der Waals surface area contributed by atoms with Gasteiger partial charge in [0.05, 0.1) is 12.0 Å². The van der Waals surface area contributed by atoms with E-state index in [-0.39, 0.29) is 10.5 Å². The number of ketones is 1. The van der Waals surface area contributed by atoms with E-state index in [1.807, 2.05) is 4.72 Å². The van der Waals surface area contributed by atoms with E-state index in [0.717, 1.165) is 7.11 Å². The lowest BCUT2D eigenvalue weighted by Gasteiger charge is -2.22. The third kappa shape index (κ3) is 1.83. The maximum Gasteiger partial charge on any atom is 0.332 e. The molecule has 0 amide bonds. The van der Waals surface area contributed by atoms with Gasteiger partial charge in [0.15, 0.2) is 11.8 Å². The third-order valence-corrected chi connectivity index (χ3v) is 3.90. The van der Waals surface area contributed by atoms with Gasteiger partial charge in [-0.3, -0.25) is 4.79 Å². The summed E-state index contributed by atoms with van der Waals surface area (Å²) in [4.78, 5) is 23.1. The highest BCUT2D eigenvalue weighted by Crippen LogP contribution is 2.22. The Morgan fingerprint density at radius 2 is 2.00 bits per heavy atom. The maximum absolute atomic E-state index is 11.9. The lowest BCUT2D eigenvalue weighted by Crippen LogP contribution is -2.50. The number of carbonyl (C=O) groups is 2. The molecule has 90 valence electrons. The zero-order chi connectivity index (χ0) is 12.6. The summed E-state index contributed by atoms with van der Waals surface area (Å²) >= 11 is 0. The first-order valence-corrected chi connectivity index (χ1v) is 6.19. The molecule has 0 aliphatic carbocycles. The Morgan fingerprint density at radius 1 is 1.35 bits per heavy atom. The number of fused-ring (bicyclic) bond motifs is 1. The molecule has 6 nitrogen and oxygen atoms in total. The predicted octanol–water partition coefficient (Wildman–Crippen LogP) is -0.297. The average Bonchev–Trinajstić information content (AvgIpc) is 2.33. The second-order valence-electron chi connectivity index (χ2n) is 3.44. The molecule has 0 radical (unpaired) electrons. The second-order valence-corrected chi connectivity index (χ2v) is 5.12. The van der Waals surface area contributed by atoms with Crippen LogP contribution in [0.15, 0.2) is 29.2 Å². The van der Waals surface area contributed by atoms with Crippen LogP contribution in [0.4, 0.5) is 0 Å². The zero-order valence-electron chi connectivity index (χ0n) is 8.84. The fourth-order valence-electron chi connectivity index (χ4n) is 1.61. The van der Waals surface area contributed by atoms with Gasteiger partial charge in [-0.15, -0.1) is 0 Å². The van der Waals surface area contributed by atoms with E-state index in [1.165, 1.54) is 24.3 Å². The molecule has 1 aliphatic rings. The first-order chi connectivity index (χ1) is 7.97. The van der Waals surface area contributed by atoms with Crippen LogP contribution in [0.3, 0.4) is 0 Å². The zero-order valence-corrected chi connectivity index (χ0v) is 9.65. The molecule has 1 aromatic rings. The van der Waals surface area contributed by atoms with Gasteiger partial charge in [0.25, 0.3) is 0 Å². The second kappa shape index (κ2) is 3.94. The van der Waals surface area contributed by atoms with Gasteiger partial charge < -0.3 is 4.74 Å². The molecule has 0 spiro atoms. The SMILES string of the molecule is COC(=O)[C@@H]1NS(=O)(=O)c2ccccc2C1=O. The van der Waals surface area contributed by atoms with Crippen LogP contribution in [0.25, 0.3) is 0 Å². The molecule has 1 N–H and O–H groups in total. The van der Waals surface area contributed by atoms with Crippen molar-refractivity contribution in [3.8, 4) is 0 Å². The van der Waals surface area contributed by atoms with Crippen LogP contribution in [-0.2, 0) is 19.6 Å². The molecule has 7 heteroatoms. The molecule has 0 bridgehead atoms. The number of Topliss-reactive ketones (excluding diaryl/α,β-unsaturated/α-hetero) is 1. The number of nitrogens with one attached hydrogen (secondary N) is 1. The van der Waals surface area contributed by atoms with Crippen molar-refractivity contribution in [3.63, 3.8) is 0 Å². The summed E-state index contributed by atoms with van der Waals surface area (Å²) in [6.45, 7) is 0. The van der Waals surface area contributed by atoms with Crippen molar-refractivity contribution in [2.45, 2.75) is 10.9 Å². The van der Waals surface area contributed by atoms with E-state index in [2.05, 4.69) is 4.74 Å². The first kappa shape index (κ1) is 11.7. The Bertz CT molecular complexity index is 592. The van der Waals surface area contributed by atoms with Crippen LogP contribution in [0, 0.1) is 0 Å². The van der Waals surface area contributed by atoms with Gasteiger partial charge in [0, 0.05) is 5.56 Å². The molecule has 1 aromatic carbocycles. The van der Waals surface area contributed by atoms with Crippen molar-refractivity contribution in [2.75, 3.05) is 7.11 Å². The number of ether oxygens (including phenoxy) is 1. The van der Waals surface area contributed by atoms with E-state index < -0.39 is 27.8 Å². The van der Waals surface area contributed by atoms with Gasteiger partial charge >= 0.3 is 5.97 Å². The van der Waals surface area contributed by atoms with E-state index in [4.69, 9.17) is 0 Å². The van der Waals surface area contributed by atoms with Gasteiger partial charge in [-0.05, 0) is 12.1 Å². The summed E-state index contributed by atoms with van der Waals surface area (Å²) in [5.41, 5.74) is 0.00153. The highest BCUT2D eigenvalue weighted by atomic mass is 32.2. The Kier molecular flexibility index (Phi) is 2.72. The normalized spacial score (nSPS) is 21.7. The number of methoxy groups -OCH3 is 1. The van der Waals surface area contributed by atoms with Gasteiger partial charge in [0.1, 0.15) is 0 Å². The number of benzene rings is 1. The molecule has 0 unspecified atom stereocenters. The number of carbonyl (C=O) groups excluding carboxylic acids is 2. The van der Waals surface area contributed by atoms with Crippen molar-refractivity contribution in [1.29, 1.82) is 0 Å². The van der Waals surface area contributed by atoms with Gasteiger partial charge in [-0.2, -0.15) is 4.72 Å². The smallest absolute Gasteiger partial charge is 0.332 e. The molecule has 17 heavy (non-hydrogen) atoms. The lowest BCUT2D eigenvalue weighted by molar-refractivity contribution is -0.141. The van der Waals surface area contributed by atoms with Crippen molar-refractivity contribution >= 4 is 21.8 Å². The third-order valence-electron chi connectivity index (χ3n) is 2.41. The summed E-state index contributed by atoms with van der Waals surface area (Å²) in [7, 11) is -2.76. The highest BCUT2D eigenvalue weighted by molar-refractivity contribution is 7.89. The summed E-state index contributed by atoms with van der Waals surface area (Å²) in [6.07, 6.45) is 0. The van der Waals surface area contributed by atoms with E-state index >= 15 is 0 Å². The fraction of sp³-hybridized carbons (Fsp3) is 0.200. The van der Waals surface area contributed by atoms with Crippen LogP contribution in [0.1, 0.15) is 10.4 Å². The average molecular weight is 255 g/mol. The predicted molar refractivity (Wildman–Crippen MR) is 56.9 cm³/mol. The minimum Gasteiger partial charge on any atom is -0.467 e. The molecule has 1 heterocycles. The van der Waals surface area contributed by atoms with E-state index in [0.29, 0.717) is 0 Å². The van der Waals surface area contributed by atoms with Gasteiger partial charge in [0.2, 0.25) is 10.0 Å². The van der Waals surface area contributed by atoms with Crippen LogP contribution >= 0.6 is 0 Å². The molecule has 0 saturated heterocycles. The molecule has 2 rings (SSSR count). The van der Waals surface area contributed by atoms with Gasteiger partial charge in [-0.1, -0.05) is 12.1 Å². The topological polar surface area (TPSA) is 89.5 Å². The fourth-order valence-corrected chi connectivity index (χ4v) is 2.96. The van der Waals surface area contributed by atoms with Crippen molar-refractivity contribution < 1.29 is 22.7 Å². The Hall–Kier alpha value is -1.73. The van der Waals surface area contributed by atoms with E-state index in [1.54, 1.807) is 0 Å². The number of rotatable bonds is 1. The molecular formula is C10H9NO5S. The molecular weight excluding hydrogens is 246 g/mol. The van der Waals surface area contributed by atoms with Crippen molar-refractivity contribution in [3.05, 3.63) is 29.8 Å².